The number of ketones is 1. The van der Waals surface area contributed by atoms with Crippen molar-refractivity contribution >= 4 is 51.3 Å². The predicted molar refractivity (Wildman–Crippen MR) is 117 cm³/mol. The molecule has 0 radical (unpaired) electrons. The first-order valence-corrected chi connectivity index (χ1v) is 11.1. The van der Waals surface area contributed by atoms with E-state index in [4.69, 9.17) is 0 Å². The molecule has 1 fully saturated rings. The third-order valence-electron chi connectivity index (χ3n) is 4.56. The van der Waals surface area contributed by atoms with Gasteiger partial charge in [-0.15, -0.1) is 10.2 Å². The Morgan fingerprint density at radius 2 is 2.07 bits per heavy atom. The number of hydrogen-bond donors (Lipinski definition) is 1. The fraction of sp³-hybridized carbons (Fsp3) is 0.238. The first-order chi connectivity index (χ1) is 14.1. The average molecular weight is 425 g/mol. The number of carbonyl (C=O) groups is 2. The van der Waals surface area contributed by atoms with Gasteiger partial charge in [-0.05, 0) is 43.2 Å². The number of thioether (sulfide) groups is 1. The van der Waals surface area contributed by atoms with Crippen molar-refractivity contribution in [3.05, 3.63) is 59.7 Å². The molecule has 0 saturated carbocycles. The van der Waals surface area contributed by atoms with Crippen LogP contribution in [0.25, 0.3) is 0 Å². The summed E-state index contributed by atoms with van der Waals surface area (Å²) < 4.78 is 0.736. The Kier molecular flexibility index (Phi) is 5.92. The van der Waals surface area contributed by atoms with E-state index in [1.54, 1.807) is 17.0 Å². The molecule has 0 aliphatic carbocycles. The maximum atomic E-state index is 12.6. The number of nitrogens with one attached hydrogen (secondary N) is 1. The molecule has 2 heterocycles. The van der Waals surface area contributed by atoms with Crippen LogP contribution in [0.2, 0.25) is 0 Å². The number of carbonyl (C=O) groups excluding carboxylic acids is 2. The topological polar surface area (TPSA) is 75.2 Å². The molecular formula is C21H20N4O2S2. The second kappa shape index (κ2) is 8.75. The van der Waals surface area contributed by atoms with Gasteiger partial charge in [-0.25, -0.2) is 0 Å². The summed E-state index contributed by atoms with van der Waals surface area (Å²) in [6, 6.07) is 15.3. The van der Waals surface area contributed by atoms with Crippen molar-refractivity contribution < 1.29 is 9.59 Å². The van der Waals surface area contributed by atoms with Crippen LogP contribution in [0.5, 0.6) is 0 Å². The van der Waals surface area contributed by atoms with E-state index >= 15 is 0 Å². The zero-order valence-electron chi connectivity index (χ0n) is 15.9. The van der Waals surface area contributed by atoms with Crippen LogP contribution in [0.15, 0.2) is 52.9 Å². The van der Waals surface area contributed by atoms with E-state index in [-0.39, 0.29) is 17.4 Å². The fourth-order valence-electron chi connectivity index (χ4n) is 3.14. The molecule has 0 atom stereocenters. The van der Waals surface area contributed by atoms with Crippen LogP contribution in [0.1, 0.15) is 28.8 Å². The standard InChI is InChI=1S/C21H20N4O2S2/c1-14-5-2-7-16(11-14)22-20-23-24-21(29-20)28-13-18(26)15-6-3-8-17(12-15)25-10-4-9-19(25)27/h2-3,5-8,11-12H,4,9-10,13H2,1H3,(H,22,23). The summed E-state index contributed by atoms with van der Waals surface area (Å²) in [5.41, 5.74) is 3.53. The molecular weight excluding hydrogens is 404 g/mol. The van der Waals surface area contributed by atoms with Gasteiger partial charge in [-0.3, -0.25) is 9.59 Å². The lowest BCUT2D eigenvalue weighted by molar-refractivity contribution is -0.117. The molecule has 2 aromatic carbocycles. The number of rotatable bonds is 7. The van der Waals surface area contributed by atoms with E-state index in [1.807, 2.05) is 43.3 Å². The van der Waals surface area contributed by atoms with Gasteiger partial charge in [0.25, 0.3) is 0 Å². The third kappa shape index (κ3) is 4.83. The Bertz CT molecular complexity index is 1050. The van der Waals surface area contributed by atoms with E-state index in [0.717, 1.165) is 27.7 Å². The summed E-state index contributed by atoms with van der Waals surface area (Å²) in [6.45, 7) is 2.75. The third-order valence-corrected chi connectivity index (χ3v) is 6.53. The number of anilines is 3. The molecule has 0 unspecified atom stereocenters. The molecule has 0 spiro atoms. The van der Waals surface area contributed by atoms with Gasteiger partial charge in [-0.1, -0.05) is 47.4 Å². The van der Waals surface area contributed by atoms with Gasteiger partial charge in [-0.2, -0.15) is 0 Å². The van der Waals surface area contributed by atoms with E-state index in [1.165, 1.54) is 23.1 Å². The van der Waals surface area contributed by atoms with Gasteiger partial charge in [0.1, 0.15) is 0 Å². The lowest BCUT2D eigenvalue weighted by Crippen LogP contribution is -2.23. The van der Waals surface area contributed by atoms with Crippen LogP contribution in [0.3, 0.4) is 0 Å². The van der Waals surface area contributed by atoms with Gasteiger partial charge in [0.2, 0.25) is 11.0 Å². The van der Waals surface area contributed by atoms with E-state index in [0.29, 0.717) is 23.7 Å². The van der Waals surface area contributed by atoms with Crippen LogP contribution in [-0.2, 0) is 4.79 Å². The zero-order valence-corrected chi connectivity index (χ0v) is 17.6. The highest BCUT2D eigenvalue weighted by Crippen LogP contribution is 2.29. The largest absolute Gasteiger partial charge is 0.330 e. The normalized spacial score (nSPS) is 13.7. The number of hydrogen-bond acceptors (Lipinski definition) is 7. The Hall–Kier alpha value is -2.71. The second-order valence-electron chi connectivity index (χ2n) is 6.78. The summed E-state index contributed by atoms with van der Waals surface area (Å²) in [7, 11) is 0. The lowest BCUT2D eigenvalue weighted by atomic mass is 10.1. The minimum Gasteiger partial charge on any atom is -0.330 e. The minimum atomic E-state index is 0.00638. The molecule has 1 aromatic heterocycles. The smallest absolute Gasteiger partial charge is 0.227 e. The van der Waals surface area contributed by atoms with Gasteiger partial charge >= 0.3 is 0 Å². The number of aryl methyl sites for hydroxylation is 1. The SMILES string of the molecule is Cc1cccc(Nc2nnc(SCC(=O)c3cccc(N4CCCC4=O)c3)s2)c1. The van der Waals surface area contributed by atoms with Gasteiger partial charge in [0.15, 0.2) is 10.1 Å². The van der Waals surface area contributed by atoms with Crippen molar-refractivity contribution in [2.24, 2.45) is 0 Å². The number of aromatic nitrogens is 2. The summed E-state index contributed by atoms with van der Waals surface area (Å²) in [5.74, 6) is 0.398. The van der Waals surface area contributed by atoms with Gasteiger partial charge in [0.05, 0.1) is 5.75 Å². The molecule has 1 N–H and O–H groups in total. The van der Waals surface area contributed by atoms with Crippen molar-refractivity contribution in [1.82, 2.24) is 10.2 Å². The number of Topliss-reactive ketones (excluding diaryl/α,β-unsaturated/α-hetero) is 1. The van der Waals surface area contributed by atoms with E-state index in [9.17, 15) is 9.59 Å². The predicted octanol–water partition coefficient (Wildman–Crippen LogP) is 4.69. The highest BCUT2D eigenvalue weighted by molar-refractivity contribution is 8.01. The van der Waals surface area contributed by atoms with Crippen molar-refractivity contribution in [2.45, 2.75) is 24.1 Å². The Balaban J connectivity index is 1.36. The van der Waals surface area contributed by atoms with Crippen LogP contribution >= 0.6 is 23.1 Å². The Morgan fingerprint density at radius 3 is 2.86 bits per heavy atom. The first kappa shape index (κ1) is 19.6. The first-order valence-electron chi connectivity index (χ1n) is 9.32. The van der Waals surface area contributed by atoms with Crippen molar-refractivity contribution in [2.75, 3.05) is 22.5 Å². The quantitative estimate of drug-likeness (QED) is 0.438. The maximum absolute atomic E-state index is 12.6. The molecule has 0 bridgehead atoms. The van der Waals surface area contributed by atoms with Crippen LogP contribution in [0.4, 0.5) is 16.5 Å². The minimum absolute atomic E-state index is 0.00638. The molecule has 8 heteroatoms. The molecule has 1 amide bonds. The number of nitrogens with zero attached hydrogens (tertiary/aromatic N) is 3. The highest BCUT2D eigenvalue weighted by Gasteiger charge is 2.22. The van der Waals surface area contributed by atoms with Crippen molar-refractivity contribution in [3.63, 3.8) is 0 Å². The van der Waals surface area contributed by atoms with Crippen LogP contribution < -0.4 is 10.2 Å². The van der Waals surface area contributed by atoms with E-state index in [2.05, 4.69) is 15.5 Å². The number of benzene rings is 2. The molecule has 6 nitrogen and oxygen atoms in total. The van der Waals surface area contributed by atoms with Gasteiger partial charge < -0.3 is 10.2 Å². The maximum Gasteiger partial charge on any atom is 0.227 e. The van der Waals surface area contributed by atoms with Crippen molar-refractivity contribution in [3.8, 4) is 0 Å². The second-order valence-corrected chi connectivity index (χ2v) is 8.98. The summed E-state index contributed by atoms with van der Waals surface area (Å²) in [5, 5.41) is 12.2. The average Bonchev–Trinajstić information content (AvgIpc) is 3.35. The van der Waals surface area contributed by atoms with Crippen molar-refractivity contribution in [1.29, 1.82) is 0 Å². The molecule has 29 heavy (non-hydrogen) atoms. The molecule has 4 rings (SSSR count). The summed E-state index contributed by atoms with van der Waals surface area (Å²) >= 11 is 2.79. The summed E-state index contributed by atoms with van der Waals surface area (Å²) in [6.07, 6.45) is 1.44. The summed E-state index contributed by atoms with van der Waals surface area (Å²) in [4.78, 5) is 26.3. The Morgan fingerprint density at radius 1 is 1.21 bits per heavy atom. The van der Waals surface area contributed by atoms with Crippen LogP contribution in [-0.4, -0.2) is 34.2 Å². The molecule has 1 aliphatic rings. The number of amides is 1. The Labute approximate surface area is 177 Å². The molecule has 148 valence electrons. The van der Waals surface area contributed by atoms with Gasteiger partial charge in [0, 0.05) is 29.9 Å². The van der Waals surface area contributed by atoms with Crippen LogP contribution in [0, 0.1) is 6.92 Å². The molecule has 1 aliphatic heterocycles. The molecule has 1 saturated heterocycles. The lowest BCUT2D eigenvalue weighted by Gasteiger charge is -2.16. The fourth-order valence-corrected chi connectivity index (χ4v) is 4.81. The zero-order chi connectivity index (χ0) is 20.2. The van der Waals surface area contributed by atoms with E-state index < -0.39 is 0 Å². The molecule has 3 aromatic rings. The monoisotopic (exact) mass is 424 g/mol. The highest BCUT2D eigenvalue weighted by atomic mass is 32.2.